The molecule has 96 heavy (non-hydrogen) atoms. The molecule has 3 saturated heterocycles. The zero-order valence-corrected chi connectivity index (χ0v) is 59.1. The van der Waals surface area contributed by atoms with Crippen molar-refractivity contribution in [3.63, 3.8) is 0 Å². The van der Waals surface area contributed by atoms with Crippen LogP contribution >= 0.6 is 24.8 Å². The van der Waals surface area contributed by atoms with E-state index in [9.17, 15) is 8.78 Å². The number of nitrogens with zero attached hydrogens (tertiary/aromatic N) is 10. The Morgan fingerprint density at radius 1 is 0.427 bits per heavy atom. The molecule has 0 bridgehead atoms. The molecule has 6 fully saturated rings. The monoisotopic (exact) mass is 1360 g/mol. The van der Waals surface area contributed by atoms with Crippen molar-refractivity contribution >= 4 is 57.7 Å². The first-order valence-corrected chi connectivity index (χ1v) is 35.2. The van der Waals surface area contributed by atoms with E-state index in [1.54, 1.807) is 12.1 Å². The second kappa shape index (κ2) is 35.1. The van der Waals surface area contributed by atoms with Crippen LogP contribution in [0.2, 0.25) is 0 Å². The molecule has 1 N–H and O–H groups in total. The Hall–Kier alpha value is -6.03. The van der Waals surface area contributed by atoms with Gasteiger partial charge in [-0.3, -0.25) is 19.8 Å². The molecule has 14 rings (SSSR count). The van der Waals surface area contributed by atoms with Gasteiger partial charge in [0.15, 0.2) is 16.7 Å². The lowest BCUT2D eigenvalue weighted by atomic mass is 9.91. The van der Waals surface area contributed by atoms with Crippen molar-refractivity contribution in [2.24, 2.45) is 35.5 Å². The number of nitrogens with one attached hydrogen (secondary N) is 1. The van der Waals surface area contributed by atoms with Gasteiger partial charge in [-0.15, -0.1) is 24.8 Å². The average Bonchev–Trinajstić information content (AvgIpc) is 1.64. The molecule has 8 aromatic rings. The number of aromatic nitrogens is 5. The number of likely N-dealkylation sites (tertiary alicyclic amines) is 2. The lowest BCUT2D eigenvalue weighted by molar-refractivity contribution is 0.170. The number of fused-ring (bicyclic) bond motifs is 3. The summed E-state index contributed by atoms with van der Waals surface area (Å²) < 4.78 is 62.1. The lowest BCUT2D eigenvalue weighted by Gasteiger charge is -2.31. The highest BCUT2D eigenvalue weighted by Gasteiger charge is 2.29. The van der Waals surface area contributed by atoms with Crippen LogP contribution in [0.25, 0.3) is 32.9 Å². The number of hydrogen-bond acceptors (Lipinski definition) is 17. The molecule has 17 nitrogen and oxygen atoms in total. The molecular weight excluding hydrogens is 1260 g/mol. The molecule has 3 aliphatic heterocycles. The van der Waals surface area contributed by atoms with Crippen molar-refractivity contribution in [3.8, 4) is 17.2 Å². The highest BCUT2D eigenvalue weighted by Crippen LogP contribution is 2.39. The van der Waals surface area contributed by atoms with Crippen LogP contribution in [0.15, 0.2) is 86.6 Å². The van der Waals surface area contributed by atoms with E-state index in [-0.39, 0.29) is 36.4 Å². The number of benzene rings is 3. The molecule has 5 aromatic heterocycles. The Morgan fingerprint density at radius 3 is 1.04 bits per heavy atom. The molecule has 21 heteroatoms. The highest BCUT2D eigenvalue weighted by molar-refractivity contribution is 5.87. The summed E-state index contributed by atoms with van der Waals surface area (Å²) in [5, 5.41) is 20.2. The number of hydrogen-bond donors (Lipinski definition) is 1. The van der Waals surface area contributed by atoms with Crippen LogP contribution in [0.5, 0.6) is 17.2 Å². The summed E-state index contributed by atoms with van der Waals surface area (Å²) in [7, 11) is 12.4. The first-order valence-electron chi connectivity index (χ1n) is 35.2. The maximum absolute atomic E-state index is 13.1. The van der Waals surface area contributed by atoms with E-state index in [1.165, 1.54) is 108 Å². The Kier molecular flexibility index (Phi) is 26.6. The van der Waals surface area contributed by atoms with E-state index in [4.69, 9.17) is 27.8 Å². The summed E-state index contributed by atoms with van der Waals surface area (Å²) in [6, 6.07) is 19.3. The molecule has 3 aliphatic carbocycles. The van der Waals surface area contributed by atoms with Gasteiger partial charge < -0.3 is 47.8 Å². The van der Waals surface area contributed by atoms with E-state index in [1.807, 2.05) is 0 Å². The highest BCUT2D eigenvalue weighted by atomic mass is 35.5. The van der Waals surface area contributed by atoms with Crippen molar-refractivity contribution in [1.29, 1.82) is 0 Å². The summed E-state index contributed by atoms with van der Waals surface area (Å²) in [6.07, 6.45) is 23.8. The molecule has 8 heterocycles. The zero-order valence-electron chi connectivity index (χ0n) is 57.5. The zero-order chi connectivity index (χ0) is 64.9. The van der Waals surface area contributed by atoms with Gasteiger partial charge in [0, 0.05) is 48.9 Å². The Bertz CT molecular complexity index is 3490. The van der Waals surface area contributed by atoms with Gasteiger partial charge in [-0.1, -0.05) is 15.5 Å². The average molecular weight is 1360 g/mol. The molecule has 3 saturated carbocycles. The molecule has 0 atom stereocenters. The van der Waals surface area contributed by atoms with Gasteiger partial charge in [0.25, 0.3) is 0 Å². The third-order valence-corrected chi connectivity index (χ3v) is 19.9. The number of piperidine rings is 3. The molecule has 522 valence electrons. The SMILES string of the molecule is CN(C)Cc1c(OCC2CC2)ccc2c(CCC3CCN(Cc4ccc(F)cn4)CC3)noc12.CN(C)Cc1c(OCC2CC2)ccc2c(CCC3CCN(Cc4ccc(F)cn4)CC3)noc12.CN(C)Cc1c(OCC2CC2)ccc2c(CCC3CCNCC3)noc12.Cl.Cl. The van der Waals surface area contributed by atoms with Crippen molar-refractivity contribution in [3.05, 3.63) is 130 Å². The van der Waals surface area contributed by atoms with Crippen molar-refractivity contribution in [2.75, 3.05) is 101 Å². The number of rotatable bonds is 28. The summed E-state index contributed by atoms with van der Waals surface area (Å²) in [6.45, 7) is 12.9. The number of pyridine rings is 2. The van der Waals surface area contributed by atoms with E-state index in [0.717, 1.165) is 231 Å². The molecule has 6 aliphatic rings. The minimum absolute atomic E-state index is 0. The Balaban J connectivity index is 0.000000157. The fraction of sp³-hybridized carbons (Fsp3) is 0.587. The minimum atomic E-state index is -0.279. The molecular formula is C75H103Cl2F2N11O6. The summed E-state index contributed by atoms with van der Waals surface area (Å²) in [5.74, 6) is 6.61. The van der Waals surface area contributed by atoms with Crippen LogP contribution in [0.1, 0.15) is 141 Å². The maximum Gasteiger partial charge on any atom is 0.175 e. The van der Waals surface area contributed by atoms with E-state index in [2.05, 4.69) is 134 Å². The number of ether oxygens (including phenoxy) is 3. The molecule has 3 aromatic carbocycles. The molecule has 0 unspecified atom stereocenters. The van der Waals surface area contributed by atoms with E-state index in [0.29, 0.717) is 23.7 Å². The Morgan fingerprint density at radius 2 is 0.750 bits per heavy atom. The van der Waals surface area contributed by atoms with Crippen LogP contribution < -0.4 is 19.5 Å². The Labute approximate surface area is 578 Å². The molecule has 0 spiro atoms. The van der Waals surface area contributed by atoms with E-state index >= 15 is 0 Å². The van der Waals surface area contributed by atoms with Crippen molar-refractivity contribution in [2.45, 2.75) is 148 Å². The fourth-order valence-corrected chi connectivity index (χ4v) is 13.6. The summed E-state index contributed by atoms with van der Waals surface area (Å²) in [4.78, 5) is 19.7. The third-order valence-electron chi connectivity index (χ3n) is 19.9. The van der Waals surface area contributed by atoms with Gasteiger partial charge >= 0.3 is 0 Å². The second-order valence-electron chi connectivity index (χ2n) is 28.8. The van der Waals surface area contributed by atoms with Crippen LogP contribution in [-0.4, -0.2) is 151 Å². The fourth-order valence-electron chi connectivity index (χ4n) is 13.6. The molecule has 0 amide bonds. The number of aryl methyl sites for hydroxylation is 3. The van der Waals surface area contributed by atoms with E-state index < -0.39 is 0 Å². The van der Waals surface area contributed by atoms with Gasteiger partial charge in [-0.25, -0.2) is 8.78 Å². The molecule has 0 radical (unpaired) electrons. The lowest BCUT2D eigenvalue weighted by Crippen LogP contribution is -2.33. The van der Waals surface area contributed by atoms with Gasteiger partial charge in [-0.2, -0.15) is 0 Å². The van der Waals surface area contributed by atoms with Crippen LogP contribution in [0.4, 0.5) is 8.78 Å². The van der Waals surface area contributed by atoms with Crippen LogP contribution in [0, 0.1) is 47.1 Å². The predicted octanol–water partition coefficient (Wildman–Crippen LogP) is 14.6. The first kappa shape index (κ1) is 72.7. The first-order chi connectivity index (χ1) is 45.8. The number of halogens is 4. The quantitative estimate of drug-likeness (QED) is 0.0493. The van der Waals surface area contributed by atoms with Gasteiger partial charge in [0.1, 0.15) is 28.9 Å². The second-order valence-corrected chi connectivity index (χ2v) is 28.8. The summed E-state index contributed by atoms with van der Waals surface area (Å²) >= 11 is 0. The standard InChI is InChI=1S/2C27H35FN4O2.C21H31N3O2.2ClH/c2*1-31(2)17-24-26(33-18-20-3-4-20)10-8-23-25(30-34-27(23)24)9-5-19-11-13-32(14-12-19)16-22-7-6-21(28)15-29-22;1-24(2)13-18-20(25-14-16-3-4-16)8-6-17-19(23-26-21(17)18)7-5-15-9-11-22-12-10-15;;/h2*6-8,10,15,19-20H,3-5,9,11-14,16-18H2,1-2H3;6,8,15-16,22H,3-5,7,9-14H2,1-2H3;2*1H. The van der Waals surface area contributed by atoms with Gasteiger partial charge in [0.2, 0.25) is 0 Å². The minimum Gasteiger partial charge on any atom is -0.493 e. The smallest absolute Gasteiger partial charge is 0.175 e. The van der Waals surface area contributed by atoms with Gasteiger partial charge in [0.05, 0.1) is 77.4 Å². The predicted molar refractivity (Wildman–Crippen MR) is 378 cm³/mol. The largest absolute Gasteiger partial charge is 0.493 e. The van der Waals surface area contributed by atoms with Crippen molar-refractivity contribution in [1.82, 2.24) is 55.3 Å². The summed E-state index contributed by atoms with van der Waals surface area (Å²) in [5.41, 5.74) is 11.1. The third kappa shape index (κ3) is 20.8. The normalized spacial score (nSPS) is 17.6. The maximum atomic E-state index is 13.1. The topological polar surface area (TPSA) is 160 Å². The van der Waals surface area contributed by atoms with Crippen LogP contribution in [-0.2, 0) is 52.0 Å². The van der Waals surface area contributed by atoms with Crippen LogP contribution in [0.3, 0.4) is 0 Å². The van der Waals surface area contributed by atoms with Crippen molar-refractivity contribution < 1.29 is 36.6 Å². The van der Waals surface area contributed by atoms with Gasteiger partial charge in [-0.05, 0) is 293 Å².